The average Bonchev–Trinajstić information content (AvgIpc) is 2.18. The third-order valence-corrected chi connectivity index (χ3v) is 2.54. The number of anilines is 1. The van der Waals surface area contributed by atoms with Crippen molar-refractivity contribution in [3.8, 4) is 0 Å². The predicted octanol–water partition coefficient (Wildman–Crippen LogP) is 2.56. The van der Waals surface area contributed by atoms with Gasteiger partial charge in [-0.25, -0.2) is 0 Å². The Morgan fingerprint density at radius 3 is 2.29 bits per heavy atom. The third-order valence-electron chi connectivity index (χ3n) is 2.54. The highest BCUT2D eigenvalue weighted by atomic mass is 16.1. The highest BCUT2D eigenvalue weighted by Gasteiger charge is 2.08. The van der Waals surface area contributed by atoms with Crippen LogP contribution in [-0.2, 0) is 11.2 Å². The number of benzene rings is 1. The summed E-state index contributed by atoms with van der Waals surface area (Å²) in [5.74, 6) is -0.293. The lowest BCUT2D eigenvalue weighted by Gasteiger charge is -2.18. The first-order chi connectivity index (χ1) is 7.87. The molecule has 0 unspecified atom stereocenters. The number of carbonyl (C=O) groups is 1. The van der Waals surface area contributed by atoms with Crippen LogP contribution in [-0.4, -0.2) is 12.5 Å². The van der Waals surface area contributed by atoms with Gasteiger partial charge in [-0.3, -0.25) is 4.79 Å². The largest absolute Gasteiger partial charge is 0.385 e. The summed E-state index contributed by atoms with van der Waals surface area (Å²) in [5.41, 5.74) is 7.53. The highest BCUT2D eigenvalue weighted by molar-refractivity contribution is 5.76. The molecule has 0 aromatic heterocycles. The van der Waals surface area contributed by atoms with Crippen molar-refractivity contribution in [3.05, 3.63) is 29.8 Å². The molecule has 1 aromatic carbocycles. The van der Waals surface area contributed by atoms with Crippen LogP contribution < -0.4 is 11.1 Å². The summed E-state index contributed by atoms with van der Waals surface area (Å²) in [4.78, 5) is 10.7. The molecule has 0 saturated carbocycles. The second-order valence-corrected chi connectivity index (χ2v) is 5.58. The van der Waals surface area contributed by atoms with E-state index in [1.165, 1.54) is 0 Å². The zero-order valence-corrected chi connectivity index (χ0v) is 10.9. The fourth-order valence-corrected chi connectivity index (χ4v) is 1.52. The van der Waals surface area contributed by atoms with E-state index in [1.54, 1.807) is 0 Å². The Morgan fingerprint density at radius 1 is 1.24 bits per heavy atom. The quantitative estimate of drug-likeness (QED) is 0.822. The van der Waals surface area contributed by atoms with Gasteiger partial charge in [-0.2, -0.15) is 0 Å². The number of hydrogen-bond donors (Lipinski definition) is 2. The van der Waals surface area contributed by atoms with Crippen molar-refractivity contribution in [2.75, 3.05) is 11.9 Å². The number of nitrogens with two attached hydrogens (primary N) is 1. The summed E-state index contributed by atoms with van der Waals surface area (Å²) < 4.78 is 0. The molecule has 0 fully saturated rings. The van der Waals surface area contributed by atoms with E-state index in [9.17, 15) is 4.79 Å². The van der Waals surface area contributed by atoms with Crippen LogP contribution in [0, 0.1) is 5.41 Å². The molecule has 0 atom stereocenters. The minimum atomic E-state index is -0.293. The predicted molar refractivity (Wildman–Crippen MR) is 71.9 cm³/mol. The van der Waals surface area contributed by atoms with Gasteiger partial charge in [0.25, 0.3) is 0 Å². The highest BCUT2D eigenvalue weighted by Crippen LogP contribution is 2.18. The number of nitrogens with one attached hydrogen (secondary N) is 1. The Labute approximate surface area is 103 Å². The van der Waals surface area contributed by atoms with E-state index >= 15 is 0 Å². The van der Waals surface area contributed by atoms with Crippen molar-refractivity contribution in [1.29, 1.82) is 0 Å². The number of hydrogen-bond acceptors (Lipinski definition) is 2. The van der Waals surface area contributed by atoms with Gasteiger partial charge < -0.3 is 11.1 Å². The summed E-state index contributed by atoms with van der Waals surface area (Å²) >= 11 is 0. The second kappa shape index (κ2) is 5.71. The average molecular weight is 234 g/mol. The molecular weight excluding hydrogens is 212 g/mol. The Balaban J connectivity index is 2.43. The van der Waals surface area contributed by atoms with Crippen molar-refractivity contribution >= 4 is 11.6 Å². The lowest BCUT2D eigenvalue weighted by molar-refractivity contribution is -0.117. The van der Waals surface area contributed by atoms with Crippen molar-refractivity contribution in [2.24, 2.45) is 11.1 Å². The molecule has 3 heteroatoms. The van der Waals surface area contributed by atoms with E-state index in [1.807, 2.05) is 24.3 Å². The molecule has 0 heterocycles. The minimum Gasteiger partial charge on any atom is -0.385 e. The van der Waals surface area contributed by atoms with Gasteiger partial charge in [0.2, 0.25) is 5.91 Å². The SMILES string of the molecule is CC(C)(C)CCNc1ccc(CC(N)=O)cc1. The number of amides is 1. The summed E-state index contributed by atoms with van der Waals surface area (Å²) in [7, 11) is 0. The molecular formula is C14H22N2O. The van der Waals surface area contributed by atoms with Crippen LogP contribution >= 0.6 is 0 Å². The molecule has 0 aliphatic heterocycles. The van der Waals surface area contributed by atoms with Crippen molar-refractivity contribution in [3.63, 3.8) is 0 Å². The minimum absolute atomic E-state index is 0.293. The fraction of sp³-hybridized carbons (Fsp3) is 0.500. The van der Waals surface area contributed by atoms with Crippen LogP contribution in [0.5, 0.6) is 0 Å². The van der Waals surface area contributed by atoms with E-state index in [-0.39, 0.29) is 5.91 Å². The second-order valence-electron chi connectivity index (χ2n) is 5.58. The molecule has 1 rings (SSSR count). The Morgan fingerprint density at radius 2 is 1.82 bits per heavy atom. The van der Waals surface area contributed by atoms with Crippen LogP contribution in [0.15, 0.2) is 24.3 Å². The molecule has 0 saturated heterocycles. The summed E-state index contributed by atoms with van der Waals surface area (Å²) in [6, 6.07) is 7.84. The summed E-state index contributed by atoms with van der Waals surface area (Å²) in [6.07, 6.45) is 1.43. The first kappa shape index (κ1) is 13.6. The lowest BCUT2D eigenvalue weighted by Crippen LogP contribution is -2.14. The molecule has 3 N–H and O–H groups in total. The fourth-order valence-electron chi connectivity index (χ4n) is 1.52. The van der Waals surface area contributed by atoms with E-state index in [2.05, 4.69) is 26.1 Å². The van der Waals surface area contributed by atoms with Gasteiger partial charge in [0.15, 0.2) is 0 Å². The van der Waals surface area contributed by atoms with E-state index in [0.717, 1.165) is 24.2 Å². The topological polar surface area (TPSA) is 55.1 Å². The van der Waals surface area contributed by atoms with Gasteiger partial charge in [0, 0.05) is 12.2 Å². The van der Waals surface area contributed by atoms with Gasteiger partial charge in [-0.1, -0.05) is 32.9 Å². The summed E-state index contributed by atoms with van der Waals surface area (Å²) in [5, 5.41) is 3.37. The first-order valence-electron chi connectivity index (χ1n) is 5.98. The summed E-state index contributed by atoms with van der Waals surface area (Å²) in [6.45, 7) is 7.64. The Kier molecular flexibility index (Phi) is 4.55. The molecule has 1 aromatic rings. The lowest BCUT2D eigenvalue weighted by atomic mass is 9.92. The van der Waals surface area contributed by atoms with Gasteiger partial charge in [-0.15, -0.1) is 0 Å². The van der Waals surface area contributed by atoms with Crippen LogP contribution in [0.4, 0.5) is 5.69 Å². The molecule has 0 radical (unpaired) electrons. The van der Waals surface area contributed by atoms with E-state index in [4.69, 9.17) is 5.73 Å². The first-order valence-corrected chi connectivity index (χ1v) is 5.98. The number of carbonyl (C=O) groups excluding carboxylic acids is 1. The van der Waals surface area contributed by atoms with E-state index < -0.39 is 0 Å². The van der Waals surface area contributed by atoms with E-state index in [0.29, 0.717) is 11.8 Å². The standard InChI is InChI=1S/C14H22N2O/c1-14(2,3)8-9-16-12-6-4-11(5-7-12)10-13(15)17/h4-7,16H,8-10H2,1-3H3,(H2,15,17). The van der Waals surface area contributed by atoms with Gasteiger partial charge >= 0.3 is 0 Å². The molecule has 94 valence electrons. The smallest absolute Gasteiger partial charge is 0.221 e. The number of rotatable bonds is 5. The maximum Gasteiger partial charge on any atom is 0.221 e. The van der Waals surface area contributed by atoms with Gasteiger partial charge in [0.05, 0.1) is 6.42 Å². The zero-order valence-electron chi connectivity index (χ0n) is 10.9. The van der Waals surface area contributed by atoms with Crippen LogP contribution in [0.25, 0.3) is 0 Å². The van der Waals surface area contributed by atoms with Crippen LogP contribution in [0.3, 0.4) is 0 Å². The zero-order chi connectivity index (χ0) is 12.9. The monoisotopic (exact) mass is 234 g/mol. The van der Waals surface area contributed by atoms with Crippen molar-refractivity contribution in [1.82, 2.24) is 0 Å². The third kappa shape index (κ3) is 5.95. The molecule has 0 aliphatic rings. The van der Waals surface area contributed by atoms with Crippen LogP contribution in [0.2, 0.25) is 0 Å². The molecule has 1 amide bonds. The Hall–Kier alpha value is -1.51. The number of primary amides is 1. The maximum atomic E-state index is 10.7. The van der Waals surface area contributed by atoms with Gasteiger partial charge in [0.1, 0.15) is 0 Å². The van der Waals surface area contributed by atoms with Gasteiger partial charge in [-0.05, 0) is 29.5 Å². The maximum absolute atomic E-state index is 10.7. The normalized spacial score (nSPS) is 11.2. The molecule has 0 aliphatic carbocycles. The molecule has 17 heavy (non-hydrogen) atoms. The molecule has 0 spiro atoms. The van der Waals surface area contributed by atoms with Crippen molar-refractivity contribution in [2.45, 2.75) is 33.6 Å². The van der Waals surface area contributed by atoms with Crippen LogP contribution in [0.1, 0.15) is 32.8 Å². The van der Waals surface area contributed by atoms with Crippen molar-refractivity contribution < 1.29 is 4.79 Å². The molecule has 0 bridgehead atoms. The Bertz CT molecular complexity index is 363. The molecule has 3 nitrogen and oxygen atoms in total.